The summed E-state index contributed by atoms with van der Waals surface area (Å²) in [5.41, 5.74) is 0.305. The molecule has 0 aliphatic carbocycles. The number of benzene rings is 4. The molecule has 6 rings (SSSR count). The van der Waals surface area contributed by atoms with Crippen molar-refractivity contribution in [3.8, 4) is 0 Å². The van der Waals surface area contributed by atoms with E-state index in [1.165, 1.54) is 0 Å². The Morgan fingerprint density at radius 3 is 1.91 bits per heavy atom. The molecule has 2 heterocycles. The molecule has 2 aliphatic heterocycles. The third-order valence-electron chi connectivity index (χ3n) is 7.99. The van der Waals surface area contributed by atoms with Gasteiger partial charge in [-0.1, -0.05) is 0 Å². The van der Waals surface area contributed by atoms with Gasteiger partial charge in [-0.3, -0.25) is 0 Å². The Morgan fingerprint density at radius 1 is 0.907 bits per heavy atom. The predicted molar refractivity (Wildman–Crippen MR) is 186 cm³/mol. The van der Waals surface area contributed by atoms with E-state index < -0.39 is 18.7 Å². The van der Waals surface area contributed by atoms with Gasteiger partial charge in [-0.25, -0.2) is 0 Å². The molecule has 43 heavy (non-hydrogen) atoms. The predicted octanol–water partition coefficient (Wildman–Crippen LogP) is 7.24. The standard InChI is InChI=1S/C33H31N5OPS3/c1-3-42-32(41)43-30-23-29(39)38(30)31(33(34-36-37-35-33)25-15-13-14-24(2)22-25)40(26-16-7-4-8-17-26,27-18-9-5-10-19-27)28-20-11-6-12-21-28/h4-22,30-31,40H,2-3,23H2,1H3. The average molecular weight is 641 g/mol. The van der Waals surface area contributed by atoms with Crippen LogP contribution in [0, 0.1) is 6.92 Å². The van der Waals surface area contributed by atoms with Crippen LogP contribution in [0.5, 0.6) is 0 Å². The van der Waals surface area contributed by atoms with Crippen LogP contribution < -0.4 is 15.9 Å². The number of carbonyl (C=O) groups excluding carboxylic acids is 1. The number of hydrogen-bond donors (Lipinski definition) is 0. The van der Waals surface area contributed by atoms with Crippen LogP contribution in [0.15, 0.2) is 136 Å². The molecule has 1 radical (unpaired) electrons. The molecule has 1 amide bonds. The van der Waals surface area contributed by atoms with Gasteiger partial charge in [-0.05, 0) is 0 Å². The van der Waals surface area contributed by atoms with Crippen LogP contribution in [-0.2, 0) is 10.5 Å². The minimum absolute atomic E-state index is 0.0360. The first-order valence-corrected chi connectivity index (χ1v) is 18.4. The number of carbonyl (C=O) groups is 1. The fourth-order valence-corrected chi connectivity index (χ4v) is 14.8. The zero-order chi connectivity index (χ0) is 29.9. The Morgan fingerprint density at radius 2 is 1.44 bits per heavy atom. The first-order valence-electron chi connectivity index (χ1n) is 14.1. The third-order valence-corrected chi connectivity index (χ3v) is 15.9. The normalized spacial score (nSPS) is 18.3. The van der Waals surface area contributed by atoms with E-state index >= 15 is 0 Å². The number of rotatable bonds is 9. The van der Waals surface area contributed by atoms with Crippen molar-refractivity contribution in [2.45, 2.75) is 30.2 Å². The number of likely N-dealkylation sites (tertiary alicyclic amines) is 1. The molecule has 2 atom stereocenters. The van der Waals surface area contributed by atoms with Gasteiger partial charge in [-0.15, -0.1) is 0 Å². The van der Waals surface area contributed by atoms with E-state index in [2.05, 4.69) is 97.1 Å². The summed E-state index contributed by atoms with van der Waals surface area (Å²) in [5, 5.41) is 21.2. The van der Waals surface area contributed by atoms with Crippen molar-refractivity contribution in [3.05, 3.63) is 133 Å². The summed E-state index contributed by atoms with van der Waals surface area (Å²) in [6, 6.07) is 39.4. The third kappa shape index (κ3) is 5.37. The van der Waals surface area contributed by atoms with Crippen LogP contribution in [0.2, 0.25) is 0 Å². The molecule has 0 aromatic heterocycles. The molecule has 4 aromatic rings. The zero-order valence-electron chi connectivity index (χ0n) is 23.6. The monoisotopic (exact) mass is 640 g/mol. The van der Waals surface area contributed by atoms with Gasteiger partial charge in [0.1, 0.15) is 0 Å². The second-order valence-corrected chi connectivity index (χ2v) is 17.9. The molecule has 1 saturated heterocycles. The van der Waals surface area contributed by atoms with E-state index in [1.807, 2.05) is 47.4 Å². The van der Waals surface area contributed by atoms with Gasteiger partial charge in [0, 0.05) is 0 Å². The molecular formula is C33H31N5OPS3. The summed E-state index contributed by atoms with van der Waals surface area (Å²) >= 11 is 8.96. The second-order valence-electron chi connectivity index (χ2n) is 10.4. The van der Waals surface area contributed by atoms with E-state index in [0.29, 0.717) is 6.42 Å². The van der Waals surface area contributed by atoms with Crippen molar-refractivity contribution in [3.63, 3.8) is 0 Å². The molecule has 0 N–H and O–H groups in total. The summed E-state index contributed by atoms with van der Waals surface area (Å²) in [6.45, 7) is 6.30. The molecule has 0 bridgehead atoms. The van der Waals surface area contributed by atoms with E-state index in [1.54, 1.807) is 23.5 Å². The Labute approximate surface area is 266 Å². The number of thioether (sulfide) groups is 2. The molecule has 217 valence electrons. The van der Waals surface area contributed by atoms with Crippen molar-refractivity contribution in [2.75, 3.05) is 5.75 Å². The Balaban J connectivity index is 1.73. The van der Waals surface area contributed by atoms with Gasteiger partial charge < -0.3 is 0 Å². The van der Waals surface area contributed by atoms with Crippen LogP contribution in [0.3, 0.4) is 0 Å². The van der Waals surface area contributed by atoms with Crippen LogP contribution in [-0.4, -0.2) is 31.2 Å². The van der Waals surface area contributed by atoms with Crippen molar-refractivity contribution in [2.24, 2.45) is 20.7 Å². The van der Waals surface area contributed by atoms with Crippen LogP contribution >= 0.6 is 43.0 Å². The van der Waals surface area contributed by atoms with Gasteiger partial charge >= 0.3 is 268 Å². The molecule has 1 fully saturated rings. The molecule has 0 saturated carbocycles. The fourth-order valence-electron chi connectivity index (χ4n) is 6.23. The van der Waals surface area contributed by atoms with E-state index in [0.717, 1.165) is 36.3 Å². The topological polar surface area (TPSA) is 69.8 Å². The van der Waals surface area contributed by atoms with Crippen molar-refractivity contribution >= 4 is 68.4 Å². The number of amides is 1. The van der Waals surface area contributed by atoms with E-state index in [9.17, 15) is 4.79 Å². The molecule has 0 spiro atoms. The molecule has 10 heteroatoms. The number of nitrogens with zero attached hydrogens (tertiary/aromatic N) is 5. The summed E-state index contributed by atoms with van der Waals surface area (Å²) < 4.78 is 0.818. The van der Waals surface area contributed by atoms with Crippen molar-refractivity contribution in [1.82, 2.24) is 4.90 Å². The average Bonchev–Trinajstić information content (AvgIpc) is 3.53. The maximum atomic E-state index is 14.1. The zero-order valence-corrected chi connectivity index (χ0v) is 27.1. The van der Waals surface area contributed by atoms with Gasteiger partial charge in [-0.2, -0.15) is 0 Å². The molecule has 2 unspecified atom stereocenters. The minimum atomic E-state index is -3.26. The first kappa shape index (κ1) is 29.8. The Hall–Kier alpha value is -3.23. The van der Waals surface area contributed by atoms with Gasteiger partial charge in [0.15, 0.2) is 0 Å². The van der Waals surface area contributed by atoms with Crippen LogP contribution in [0.1, 0.15) is 24.5 Å². The summed E-state index contributed by atoms with van der Waals surface area (Å²) in [4.78, 5) is 16.1. The van der Waals surface area contributed by atoms with Crippen LogP contribution in [0.4, 0.5) is 0 Å². The first-order chi connectivity index (χ1) is 21.0. The number of hydrogen-bond acceptors (Lipinski definition) is 8. The Kier molecular flexibility index (Phi) is 8.87. The van der Waals surface area contributed by atoms with Gasteiger partial charge in [0.2, 0.25) is 0 Å². The summed E-state index contributed by atoms with van der Waals surface area (Å²) in [6.07, 6.45) is 0.383. The van der Waals surface area contributed by atoms with E-state index in [4.69, 9.17) is 22.4 Å². The fraction of sp³-hybridized carbons (Fsp3) is 0.182. The number of β-lactam (4-membered cyclic amide) rings is 1. The van der Waals surface area contributed by atoms with Gasteiger partial charge in [0.25, 0.3) is 0 Å². The number of thiocarbonyl (C=S) groups is 1. The summed E-state index contributed by atoms with van der Waals surface area (Å²) in [7, 11) is -3.26. The quantitative estimate of drug-likeness (QED) is 0.110. The second kappa shape index (κ2) is 12.8. The molecule has 2 aliphatic rings. The molecule has 6 nitrogen and oxygen atoms in total. The molecule has 4 aromatic carbocycles. The summed E-state index contributed by atoms with van der Waals surface area (Å²) in [5.74, 6) is 0.334. The Bertz CT molecular complexity index is 1560. The van der Waals surface area contributed by atoms with Crippen molar-refractivity contribution in [1.29, 1.82) is 0 Å². The van der Waals surface area contributed by atoms with E-state index in [-0.39, 0.29) is 11.3 Å². The van der Waals surface area contributed by atoms with Gasteiger partial charge in [0.05, 0.1) is 0 Å². The molecular weight excluding hydrogens is 610 g/mol. The van der Waals surface area contributed by atoms with Crippen LogP contribution in [0.25, 0.3) is 0 Å². The maximum absolute atomic E-state index is 14.1. The SMILES string of the molecule is [CH2]c1cccc(C2(C(N3C(=O)CC3SC(=S)SCC)[PH](c3ccccc3)(c3ccccc3)c3ccccc3)N=NN=N2)c1. The van der Waals surface area contributed by atoms with Crippen molar-refractivity contribution < 1.29 is 4.79 Å².